The van der Waals surface area contributed by atoms with E-state index in [1.165, 1.54) is 17.7 Å². The van der Waals surface area contributed by atoms with Gasteiger partial charge in [-0.2, -0.15) is 0 Å². The van der Waals surface area contributed by atoms with E-state index in [2.05, 4.69) is 4.98 Å². The van der Waals surface area contributed by atoms with Gasteiger partial charge in [0.25, 0.3) is 0 Å². The first kappa shape index (κ1) is 15.5. The number of Topliss-reactive ketones (excluding diaryl/α,β-unsaturated/α-hetero) is 1. The SMILES string of the molecule is CC[C@H](CC(=O)c1cc2c(cc(OC)c3ocnc32)s1)C(=O)O. The molecule has 120 valence electrons. The minimum Gasteiger partial charge on any atom is -0.493 e. The van der Waals surface area contributed by atoms with Crippen LogP contribution in [0.4, 0.5) is 0 Å². The number of benzene rings is 1. The van der Waals surface area contributed by atoms with Crippen molar-refractivity contribution in [3.05, 3.63) is 23.4 Å². The standard InChI is InChI=1S/C16H15NO5S/c1-3-8(16(19)20)4-10(18)13-5-9-12(23-13)6-11(21-2)15-14(9)17-7-22-15/h5-8H,3-4H2,1-2H3,(H,19,20)/t8-/m1/s1. The van der Waals surface area contributed by atoms with Gasteiger partial charge in [0, 0.05) is 22.6 Å². The lowest BCUT2D eigenvalue weighted by Gasteiger charge is -2.06. The van der Waals surface area contributed by atoms with Crippen molar-refractivity contribution in [3.8, 4) is 5.75 Å². The molecule has 0 saturated carbocycles. The maximum atomic E-state index is 12.4. The summed E-state index contributed by atoms with van der Waals surface area (Å²) in [6.45, 7) is 1.76. The van der Waals surface area contributed by atoms with Gasteiger partial charge in [-0.05, 0) is 12.5 Å². The van der Waals surface area contributed by atoms with E-state index < -0.39 is 11.9 Å². The number of carboxylic acid groups (broad SMARTS) is 1. The molecule has 1 atom stereocenters. The summed E-state index contributed by atoms with van der Waals surface area (Å²) in [7, 11) is 1.54. The molecule has 1 aromatic carbocycles. The Morgan fingerprint density at radius 3 is 2.87 bits per heavy atom. The molecule has 0 saturated heterocycles. The first-order chi connectivity index (χ1) is 11.0. The molecule has 3 aromatic rings. The number of hydrogen-bond acceptors (Lipinski definition) is 6. The van der Waals surface area contributed by atoms with Crippen LogP contribution < -0.4 is 4.74 Å². The smallest absolute Gasteiger partial charge is 0.306 e. The highest BCUT2D eigenvalue weighted by Gasteiger charge is 2.22. The number of rotatable bonds is 6. The number of methoxy groups -OCH3 is 1. The highest BCUT2D eigenvalue weighted by atomic mass is 32.1. The van der Waals surface area contributed by atoms with E-state index in [0.717, 1.165) is 10.1 Å². The van der Waals surface area contributed by atoms with Gasteiger partial charge in [-0.1, -0.05) is 6.92 Å². The number of thiophene rings is 1. The lowest BCUT2D eigenvalue weighted by atomic mass is 9.99. The Bertz CT molecular complexity index is 895. The molecule has 2 heterocycles. The molecule has 3 rings (SSSR count). The zero-order valence-electron chi connectivity index (χ0n) is 12.7. The van der Waals surface area contributed by atoms with Gasteiger partial charge in [0.15, 0.2) is 23.5 Å². The molecule has 0 fully saturated rings. The number of fused-ring (bicyclic) bond motifs is 3. The van der Waals surface area contributed by atoms with Gasteiger partial charge in [0.05, 0.1) is 17.9 Å². The summed E-state index contributed by atoms with van der Waals surface area (Å²) in [6, 6.07) is 3.56. The number of aliphatic carboxylic acids is 1. The summed E-state index contributed by atoms with van der Waals surface area (Å²) >= 11 is 1.31. The quantitative estimate of drug-likeness (QED) is 0.691. The molecule has 0 unspecified atom stereocenters. The summed E-state index contributed by atoms with van der Waals surface area (Å²) in [6.07, 6.45) is 1.76. The third kappa shape index (κ3) is 2.68. The molecule has 7 heteroatoms. The Hall–Kier alpha value is -2.41. The van der Waals surface area contributed by atoms with E-state index in [9.17, 15) is 9.59 Å². The minimum atomic E-state index is -0.942. The zero-order valence-corrected chi connectivity index (χ0v) is 13.5. The number of ketones is 1. The lowest BCUT2D eigenvalue weighted by molar-refractivity contribution is -0.141. The average molecular weight is 333 g/mol. The van der Waals surface area contributed by atoms with Crippen molar-refractivity contribution < 1.29 is 23.8 Å². The molecule has 0 bridgehead atoms. The monoisotopic (exact) mass is 333 g/mol. The molecule has 0 spiro atoms. The Morgan fingerprint density at radius 1 is 1.43 bits per heavy atom. The van der Waals surface area contributed by atoms with Gasteiger partial charge in [0.2, 0.25) is 0 Å². The summed E-state index contributed by atoms with van der Waals surface area (Å²) in [5.41, 5.74) is 1.17. The van der Waals surface area contributed by atoms with Crippen LogP contribution in [0.2, 0.25) is 0 Å². The fraction of sp³-hybridized carbons (Fsp3) is 0.312. The van der Waals surface area contributed by atoms with E-state index in [1.807, 2.05) is 0 Å². The predicted molar refractivity (Wildman–Crippen MR) is 86.3 cm³/mol. The topological polar surface area (TPSA) is 89.6 Å². The maximum Gasteiger partial charge on any atom is 0.306 e. The summed E-state index contributed by atoms with van der Waals surface area (Å²) < 4.78 is 11.5. The van der Waals surface area contributed by atoms with Gasteiger partial charge in [0.1, 0.15) is 5.52 Å². The third-order valence-corrected chi connectivity index (χ3v) is 4.96. The van der Waals surface area contributed by atoms with Crippen molar-refractivity contribution in [2.24, 2.45) is 5.92 Å². The molecule has 0 amide bonds. The number of carbonyl (C=O) groups is 2. The first-order valence-corrected chi connectivity index (χ1v) is 7.96. The van der Waals surface area contributed by atoms with Crippen molar-refractivity contribution in [2.75, 3.05) is 7.11 Å². The number of carboxylic acids is 1. The third-order valence-electron chi connectivity index (χ3n) is 3.84. The number of ether oxygens (including phenoxy) is 1. The number of hydrogen-bond donors (Lipinski definition) is 1. The van der Waals surface area contributed by atoms with Crippen LogP contribution in [-0.4, -0.2) is 29.0 Å². The maximum absolute atomic E-state index is 12.4. The Morgan fingerprint density at radius 2 is 2.22 bits per heavy atom. The number of carbonyl (C=O) groups excluding carboxylic acids is 1. The van der Waals surface area contributed by atoms with Crippen molar-refractivity contribution in [2.45, 2.75) is 19.8 Å². The van der Waals surface area contributed by atoms with Crippen LogP contribution in [0.25, 0.3) is 21.2 Å². The Labute approximate surface area is 135 Å². The first-order valence-electron chi connectivity index (χ1n) is 7.14. The van der Waals surface area contributed by atoms with Crippen molar-refractivity contribution in [3.63, 3.8) is 0 Å². The molecule has 0 aliphatic carbocycles. The van der Waals surface area contributed by atoms with Crippen LogP contribution in [0.3, 0.4) is 0 Å². The van der Waals surface area contributed by atoms with Crippen LogP contribution in [0.15, 0.2) is 22.9 Å². The normalized spacial score (nSPS) is 12.6. The molecule has 23 heavy (non-hydrogen) atoms. The highest BCUT2D eigenvalue weighted by molar-refractivity contribution is 7.21. The van der Waals surface area contributed by atoms with E-state index in [4.69, 9.17) is 14.3 Å². The van der Waals surface area contributed by atoms with Crippen LogP contribution in [-0.2, 0) is 4.79 Å². The largest absolute Gasteiger partial charge is 0.493 e. The molecule has 0 aliphatic rings. The second-order valence-electron chi connectivity index (χ2n) is 5.20. The van der Waals surface area contributed by atoms with Crippen molar-refractivity contribution >= 4 is 44.3 Å². The fourth-order valence-corrected chi connectivity index (χ4v) is 3.56. The number of oxazole rings is 1. The lowest BCUT2D eigenvalue weighted by Crippen LogP contribution is -2.16. The minimum absolute atomic E-state index is 0.00223. The zero-order chi connectivity index (χ0) is 16.6. The number of nitrogens with zero attached hydrogens (tertiary/aromatic N) is 1. The molecule has 0 radical (unpaired) electrons. The molecule has 2 aromatic heterocycles. The molecule has 1 N–H and O–H groups in total. The van der Waals surface area contributed by atoms with Crippen molar-refractivity contribution in [1.29, 1.82) is 0 Å². The van der Waals surface area contributed by atoms with Gasteiger partial charge in [-0.3, -0.25) is 9.59 Å². The van der Waals surface area contributed by atoms with E-state index in [-0.39, 0.29) is 12.2 Å². The number of aromatic nitrogens is 1. The molecular formula is C16H15NO5S. The summed E-state index contributed by atoms with van der Waals surface area (Å²) in [5, 5.41) is 9.91. The van der Waals surface area contributed by atoms with Crippen molar-refractivity contribution in [1.82, 2.24) is 4.98 Å². The second-order valence-corrected chi connectivity index (χ2v) is 6.29. The van der Waals surface area contributed by atoms with Gasteiger partial charge < -0.3 is 14.3 Å². The molecule has 0 aliphatic heterocycles. The van der Waals surface area contributed by atoms with Crippen LogP contribution >= 0.6 is 11.3 Å². The fourth-order valence-electron chi connectivity index (χ4n) is 2.51. The summed E-state index contributed by atoms with van der Waals surface area (Å²) in [4.78, 5) is 28.2. The van der Waals surface area contributed by atoms with Gasteiger partial charge >= 0.3 is 5.97 Å². The average Bonchev–Trinajstić information content (AvgIpc) is 3.16. The van der Waals surface area contributed by atoms with E-state index >= 15 is 0 Å². The van der Waals surface area contributed by atoms with Gasteiger partial charge in [-0.15, -0.1) is 11.3 Å². The Balaban J connectivity index is 2.03. The van der Waals surface area contributed by atoms with E-state index in [1.54, 1.807) is 26.2 Å². The highest BCUT2D eigenvalue weighted by Crippen LogP contribution is 2.37. The molecule has 6 nitrogen and oxygen atoms in total. The van der Waals surface area contributed by atoms with Crippen LogP contribution in [0, 0.1) is 5.92 Å². The van der Waals surface area contributed by atoms with Crippen LogP contribution in [0.1, 0.15) is 29.4 Å². The Kier molecular flexibility index (Phi) is 4.04. The second kappa shape index (κ2) is 6.00. The predicted octanol–water partition coefficient (Wildman–Crippen LogP) is 3.73. The van der Waals surface area contributed by atoms with Crippen LogP contribution in [0.5, 0.6) is 5.75 Å². The van der Waals surface area contributed by atoms with Gasteiger partial charge in [-0.25, -0.2) is 4.98 Å². The van der Waals surface area contributed by atoms with E-state index in [0.29, 0.717) is 28.1 Å². The summed E-state index contributed by atoms with van der Waals surface area (Å²) in [5.74, 6) is -1.21. The molecular weight excluding hydrogens is 318 g/mol.